The molecule has 0 aliphatic heterocycles. The second-order valence-corrected chi connectivity index (χ2v) is 5.59. The van der Waals surface area contributed by atoms with E-state index in [1.54, 1.807) is 0 Å². The first-order valence-corrected chi connectivity index (χ1v) is 7.14. The molecule has 0 heterocycles. The molecule has 0 atom stereocenters. The van der Waals surface area contributed by atoms with Crippen molar-refractivity contribution in [3.63, 3.8) is 0 Å². The molecule has 0 amide bonds. The highest BCUT2D eigenvalue weighted by molar-refractivity contribution is 14.1. The van der Waals surface area contributed by atoms with Gasteiger partial charge in [-0.05, 0) is 61.3 Å². The number of nitrogens with zero attached hydrogens (tertiary/aromatic N) is 2. The van der Waals surface area contributed by atoms with Gasteiger partial charge in [-0.15, -0.1) is 0 Å². The largest absolute Gasteiger partial charge is 0.479 e. The van der Waals surface area contributed by atoms with Crippen LogP contribution in [0, 0.1) is 0 Å². The summed E-state index contributed by atoms with van der Waals surface area (Å²) in [5, 5.41) is 0. The molecule has 0 saturated heterocycles. The molecule has 104 valence electrons. The number of allylic oxidation sites excluding steroid dienone is 5. The van der Waals surface area contributed by atoms with Crippen molar-refractivity contribution in [3.8, 4) is 0 Å². The lowest BCUT2D eigenvalue weighted by Gasteiger charge is -2.14. The normalized spacial score (nSPS) is 19.6. The second-order valence-electron chi connectivity index (χ2n) is 4.34. The van der Waals surface area contributed by atoms with E-state index < -0.39 is 0 Å². The minimum Gasteiger partial charge on any atom is -0.479 e. The molecule has 19 heavy (non-hydrogen) atoms. The highest BCUT2D eigenvalue weighted by atomic mass is 127. The highest BCUT2D eigenvalue weighted by Gasteiger charge is 2.12. The van der Waals surface area contributed by atoms with E-state index in [0.717, 1.165) is 27.8 Å². The van der Waals surface area contributed by atoms with Gasteiger partial charge in [0.15, 0.2) is 5.88 Å². The third-order valence-electron chi connectivity index (χ3n) is 2.46. The molecule has 0 spiro atoms. The topological polar surface area (TPSA) is 50.9 Å². The average molecular weight is 373 g/mol. The standard InChI is InChI=1S/C14H20IN3O/c1-4-17-13-7-6-11(15)10-12(13)14(16)19-9-5-8-18(2)3/h4,6-7,10H,1,5,8-9,16H2,2-3H3/b14-12+,17-13-. The first kappa shape index (κ1) is 16.0. The third-order valence-corrected chi connectivity index (χ3v) is 3.13. The predicted molar refractivity (Wildman–Crippen MR) is 89.2 cm³/mol. The van der Waals surface area contributed by atoms with Gasteiger partial charge in [-0.2, -0.15) is 0 Å². The Morgan fingerprint density at radius 3 is 2.89 bits per heavy atom. The number of hydrogen-bond acceptors (Lipinski definition) is 4. The summed E-state index contributed by atoms with van der Waals surface area (Å²) in [6.07, 6.45) is 8.29. The predicted octanol–water partition coefficient (Wildman–Crippen LogP) is 2.60. The third kappa shape index (κ3) is 5.61. The smallest absolute Gasteiger partial charge is 0.193 e. The van der Waals surface area contributed by atoms with Crippen molar-refractivity contribution in [2.24, 2.45) is 10.7 Å². The van der Waals surface area contributed by atoms with Crippen LogP contribution in [0.2, 0.25) is 0 Å². The number of halogens is 1. The van der Waals surface area contributed by atoms with Gasteiger partial charge in [-0.25, -0.2) is 0 Å². The monoisotopic (exact) mass is 373 g/mol. The number of hydrogen-bond donors (Lipinski definition) is 1. The van der Waals surface area contributed by atoms with Gasteiger partial charge in [0.05, 0.1) is 17.9 Å². The van der Waals surface area contributed by atoms with Crippen molar-refractivity contribution in [1.29, 1.82) is 0 Å². The number of nitrogens with two attached hydrogens (primary N) is 1. The summed E-state index contributed by atoms with van der Waals surface area (Å²) < 4.78 is 6.68. The first-order chi connectivity index (χ1) is 9.04. The Morgan fingerprint density at radius 2 is 2.26 bits per heavy atom. The average Bonchev–Trinajstić information content (AvgIpc) is 2.36. The molecule has 0 aromatic rings. The Labute approximate surface area is 128 Å². The molecule has 0 aromatic carbocycles. The van der Waals surface area contributed by atoms with E-state index in [1.807, 2.05) is 32.3 Å². The summed E-state index contributed by atoms with van der Waals surface area (Å²) in [5.74, 6) is 0.415. The summed E-state index contributed by atoms with van der Waals surface area (Å²) in [5.41, 5.74) is 7.59. The van der Waals surface area contributed by atoms with Crippen molar-refractivity contribution >= 4 is 28.3 Å². The molecule has 1 aliphatic rings. The van der Waals surface area contributed by atoms with Crippen LogP contribution < -0.4 is 5.73 Å². The number of aliphatic imine (C=N–C) groups is 1. The van der Waals surface area contributed by atoms with Crippen molar-refractivity contribution in [2.75, 3.05) is 27.2 Å². The van der Waals surface area contributed by atoms with E-state index in [-0.39, 0.29) is 0 Å². The molecule has 1 aliphatic carbocycles. The summed E-state index contributed by atoms with van der Waals surface area (Å²) in [6, 6.07) is 0. The summed E-state index contributed by atoms with van der Waals surface area (Å²) >= 11 is 2.24. The summed E-state index contributed by atoms with van der Waals surface area (Å²) in [7, 11) is 4.07. The molecule has 2 N–H and O–H groups in total. The SMILES string of the molecule is C=C/N=C1/C=CC(I)=C/C1=C(/N)OCCCN(C)C. The molecule has 0 radical (unpaired) electrons. The van der Waals surface area contributed by atoms with Gasteiger partial charge in [0.25, 0.3) is 0 Å². The molecular formula is C14H20IN3O. The maximum absolute atomic E-state index is 6.00. The van der Waals surface area contributed by atoms with Gasteiger partial charge in [0, 0.05) is 16.3 Å². The molecule has 4 nitrogen and oxygen atoms in total. The van der Waals surface area contributed by atoms with Gasteiger partial charge in [0.1, 0.15) is 0 Å². The van der Waals surface area contributed by atoms with Gasteiger partial charge >= 0.3 is 0 Å². The Bertz CT molecular complexity index is 448. The van der Waals surface area contributed by atoms with Crippen LogP contribution in [0.4, 0.5) is 0 Å². The van der Waals surface area contributed by atoms with E-state index in [1.165, 1.54) is 6.20 Å². The van der Waals surface area contributed by atoms with Crippen molar-refractivity contribution in [1.82, 2.24) is 4.90 Å². The van der Waals surface area contributed by atoms with Crippen molar-refractivity contribution in [2.45, 2.75) is 6.42 Å². The van der Waals surface area contributed by atoms with E-state index in [2.05, 4.69) is 39.1 Å². The van der Waals surface area contributed by atoms with Crippen molar-refractivity contribution < 1.29 is 4.74 Å². The maximum Gasteiger partial charge on any atom is 0.193 e. The van der Waals surface area contributed by atoms with Crippen LogP contribution >= 0.6 is 22.6 Å². The summed E-state index contributed by atoms with van der Waals surface area (Å²) in [6.45, 7) is 5.18. The van der Waals surface area contributed by atoms with Crippen LogP contribution in [-0.4, -0.2) is 37.9 Å². The van der Waals surface area contributed by atoms with E-state index in [0.29, 0.717) is 12.5 Å². The van der Waals surface area contributed by atoms with E-state index in [9.17, 15) is 0 Å². The van der Waals surface area contributed by atoms with E-state index in [4.69, 9.17) is 10.5 Å². The Kier molecular flexibility index (Phi) is 6.86. The zero-order valence-electron chi connectivity index (χ0n) is 11.4. The zero-order chi connectivity index (χ0) is 14.3. The van der Waals surface area contributed by atoms with Crippen LogP contribution in [0.25, 0.3) is 0 Å². The van der Waals surface area contributed by atoms with Crippen molar-refractivity contribution in [3.05, 3.63) is 46.0 Å². The molecule has 5 heteroatoms. The number of rotatable bonds is 6. The lowest BCUT2D eigenvalue weighted by Crippen LogP contribution is -2.17. The van der Waals surface area contributed by atoms with Gasteiger partial charge in [0.2, 0.25) is 0 Å². The van der Waals surface area contributed by atoms with E-state index >= 15 is 0 Å². The lowest BCUT2D eigenvalue weighted by atomic mass is 10.1. The Morgan fingerprint density at radius 1 is 1.53 bits per heavy atom. The minimum atomic E-state index is 0.415. The maximum atomic E-state index is 6.00. The quantitative estimate of drug-likeness (QED) is 0.442. The first-order valence-electron chi connectivity index (χ1n) is 6.06. The molecule has 1 rings (SSSR count). The molecular weight excluding hydrogens is 353 g/mol. The van der Waals surface area contributed by atoms with Gasteiger partial charge < -0.3 is 15.4 Å². The molecule has 0 bridgehead atoms. The molecule has 0 saturated carbocycles. The van der Waals surface area contributed by atoms with Gasteiger partial charge in [-0.3, -0.25) is 4.99 Å². The second kappa shape index (κ2) is 8.16. The minimum absolute atomic E-state index is 0.415. The number of ether oxygens (including phenoxy) is 1. The molecule has 0 unspecified atom stereocenters. The van der Waals surface area contributed by atoms with Gasteiger partial charge in [-0.1, -0.05) is 6.58 Å². The fourth-order valence-corrected chi connectivity index (χ4v) is 2.05. The van der Waals surface area contributed by atoms with Crippen LogP contribution in [0.15, 0.2) is 51.0 Å². The fraction of sp³-hybridized carbons (Fsp3) is 0.357. The fourth-order valence-electron chi connectivity index (χ4n) is 1.56. The zero-order valence-corrected chi connectivity index (χ0v) is 13.6. The summed E-state index contributed by atoms with van der Waals surface area (Å²) in [4.78, 5) is 6.31. The van der Waals surface area contributed by atoms with Crippen LogP contribution in [0.3, 0.4) is 0 Å². The molecule has 0 aromatic heterocycles. The Balaban J connectivity index is 2.72. The van der Waals surface area contributed by atoms with Crippen LogP contribution in [0.1, 0.15) is 6.42 Å². The van der Waals surface area contributed by atoms with Crippen LogP contribution in [-0.2, 0) is 4.74 Å². The Hall–Kier alpha value is -1.08. The molecule has 0 fully saturated rings. The lowest BCUT2D eigenvalue weighted by molar-refractivity contribution is 0.193. The highest BCUT2D eigenvalue weighted by Crippen LogP contribution is 2.21. The van der Waals surface area contributed by atoms with Crippen LogP contribution in [0.5, 0.6) is 0 Å².